The number of aryl methyl sites for hydroxylation is 2. The molecule has 1 aromatic heterocycles. The number of hydrogen-bond acceptors (Lipinski definition) is 4. The molecule has 0 unspecified atom stereocenters. The van der Waals surface area contributed by atoms with Gasteiger partial charge in [0.1, 0.15) is 0 Å². The zero-order valence-corrected chi connectivity index (χ0v) is 9.01. The van der Waals surface area contributed by atoms with Crippen LogP contribution in [0.5, 0.6) is 5.19 Å². The standard InChI is InChI=1S/C8H11NOS2/c1-4-7(11)10-8-9-5(2)6(3)12-8/h4H2,1-3H3. The van der Waals surface area contributed by atoms with Gasteiger partial charge in [0.15, 0.2) is 5.05 Å². The fourth-order valence-electron chi connectivity index (χ4n) is 0.656. The Hall–Kier alpha value is -0.480. The van der Waals surface area contributed by atoms with E-state index in [0.29, 0.717) is 10.2 Å². The molecule has 66 valence electrons. The Morgan fingerprint density at radius 1 is 1.58 bits per heavy atom. The Balaban J connectivity index is 2.70. The number of rotatable bonds is 2. The van der Waals surface area contributed by atoms with Crippen molar-refractivity contribution >= 4 is 28.6 Å². The molecule has 0 saturated carbocycles. The van der Waals surface area contributed by atoms with E-state index in [1.165, 1.54) is 16.2 Å². The van der Waals surface area contributed by atoms with Crippen LogP contribution in [0.4, 0.5) is 0 Å². The van der Waals surface area contributed by atoms with Crippen molar-refractivity contribution in [3.05, 3.63) is 10.6 Å². The summed E-state index contributed by atoms with van der Waals surface area (Å²) in [5.41, 5.74) is 1.02. The van der Waals surface area contributed by atoms with Gasteiger partial charge in [-0.15, -0.1) is 0 Å². The van der Waals surface area contributed by atoms with Gasteiger partial charge in [0.05, 0.1) is 5.69 Å². The quantitative estimate of drug-likeness (QED) is 0.687. The van der Waals surface area contributed by atoms with Gasteiger partial charge in [-0.1, -0.05) is 18.3 Å². The fraction of sp³-hybridized carbons (Fsp3) is 0.500. The second-order valence-corrected chi connectivity index (χ2v) is 4.07. The van der Waals surface area contributed by atoms with Crippen LogP contribution in [0.1, 0.15) is 23.9 Å². The second kappa shape index (κ2) is 3.96. The van der Waals surface area contributed by atoms with E-state index >= 15 is 0 Å². The average molecular weight is 201 g/mol. The van der Waals surface area contributed by atoms with Crippen LogP contribution in [-0.4, -0.2) is 10.0 Å². The van der Waals surface area contributed by atoms with E-state index in [0.717, 1.165) is 12.1 Å². The Bertz CT molecular complexity index is 274. The highest BCUT2D eigenvalue weighted by Crippen LogP contribution is 2.23. The van der Waals surface area contributed by atoms with Gasteiger partial charge >= 0.3 is 0 Å². The maximum atomic E-state index is 5.30. The Morgan fingerprint density at radius 2 is 2.25 bits per heavy atom. The van der Waals surface area contributed by atoms with Crippen molar-refractivity contribution in [2.45, 2.75) is 27.2 Å². The summed E-state index contributed by atoms with van der Waals surface area (Å²) in [6.45, 7) is 5.96. The summed E-state index contributed by atoms with van der Waals surface area (Å²) in [6, 6.07) is 0. The van der Waals surface area contributed by atoms with Crippen molar-refractivity contribution < 1.29 is 4.74 Å². The first-order valence-corrected chi connectivity index (χ1v) is 5.00. The van der Waals surface area contributed by atoms with E-state index in [1.54, 1.807) is 0 Å². The van der Waals surface area contributed by atoms with Gasteiger partial charge in [0, 0.05) is 11.3 Å². The molecule has 0 amide bonds. The van der Waals surface area contributed by atoms with Gasteiger partial charge in [0.2, 0.25) is 0 Å². The highest BCUT2D eigenvalue weighted by Gasteiger charge is 2.05. The molecule has 4 heteroatoms. The lowest BCUT2D eigenvalue weighted by atomic mass is 10.4. The summed E-state index contributed by atoms with van der Waals surface area (Å²) in [5, 5.41) is 1.26. The summed E-state index contributed by atoms with van der Waals surface area (Å²) in [4.78, 5) is 5.39. The SMILES string of the molecule is CCC(=S)Oc1nc(C)c(C)s1. The smallest absolute Gasteiger partial charge is 0.279 e. The first-order chi connectivity index (χ1) is 5.63. The first-order valence-electron chi connectivity index (χ1n) is 3.78. The zero-order chi connectivity index (χ0) is 9.14. The molecule has 1 rings (SSSR count). The maximum Gasteiger partial charge on any atom is 0.279 e. The largest absolute Gasteiger partial charge is 0.424 e. The van der Waals surface area contributed by atoms with E-state index in [-0.39, 0.29) is 0 Å². The normalized spacial score (nSPS) is 9.92. The Kier molecular flexibility index (Phi) is 3.17. The molecule has 0 fully saturated rings. The van der Waals surface area contributed by atoms with Crippen molar-refractivity contribution in [3.63, 3.8) is 0 Å². The van der Waals surface area contributed by atoms with Crippen molar-refractivity contribution in [3.8, 4) is 5.19 Å². The van der Waals surface area contributed by atoms with Gasteiger partial charge in [-0.25, -0.2) is 4.98 Å². The van der Waals surface area contributed by atoms with E-state index in [9.17, 15) is 0 Å². The Labute approximate surface area is 81.6 Å². The molecule has 0 aliphatic heterocycles. The molecule has 0 N–H and O–H groups in total. The summed E-state index contributed by atoms with van der Waals surface area (Å²) < 4.78 is 5.30. The predicted molar refractivity (Wildman–Crippen MR) is 55.1 cm³/mol. The van der Waals surface area contributed by atoms with Crippen molar-refractivity contribution in [2.24, 2.45) is 0 Å². The maximum absolute atomic E-state index is 5.30. The highest BCUT2D eigenvalue weighted by molar-refractivity contribution is 7.80. The summed E-state index contributed by atoms with van der Waals surface area (Å²) >= 11 is 6.47. The lowest BCUT2D eigenvalue weighted by Gasteiger charge is -1.97. The molecule has 0 atom stereocenters. The number of aromatic nitrogens is 1. The number of thiocarbonyl (C=S) groups is 1. The van der Waals surface area contributed by atoms with Crippen molar-refractivity contribution in [1.82, 2.24) is 4.98 Å². The molecule has 0 bridgehead atoms. The first kappa shape index (κ1) is 9.61. The third-order valence-electron chi connectivity index (χ3n) is 1.50. The van der Waals surface area contributed by atoms with Crippen LogP contribution in [0.25, 0.3) is 0 Å². The van der Waals surface area contributed by atoms with Gasteiger partial charge in [-0.05, 0) is 26.1 Å². The minimum atomic E-state index is 0.601. The molecule has 0 aliphatic rings. The molecule has 0 radical (unpaired) electrons. The number of nitrogens with zero attached hydrogens (tertiary/aromatic N) is 1. The van der Waals surface area contributed by atoms with Crippen LogP contribution < -0.4 is 4.74 Å². The minimum Gasteiger partial charge on any atom is -0.424 e. The molecule has 0 aliphatic carbocycles. The van der Waals surface area contributed by atoms with Crippen LogP contribution in [0.15, 0.2) is 0 Å². The molecular weight excluding hydrogens is 190 g/mol. The monoisotopic (exact) mass is 201 g/mol. The summed E-state index contributed by atoms with van der Waals surface area (Å²) in [6.07, 6.45) is 0.757. The van der Waals surface area contributed by atoms with E-state index in [2.05, 4.69) is 4.98 Å². The molecule has 1 aromatic rings. The van der Waals surface area contributed by atoms with Gasteiger partial charge in [0.25, 0.3) is 5.19 Å². The molecule has 0 spiro atoms. The minimum absolute atomic E-state index is 0.601. The number of hydrogen-bond donors (Lipinski definition) is 0. The molecule has 0 saturated heterocycles. The van der Waals surface area contributed by atoms with E-state index in [1.807, 2.05) is 20.8 Å². The second-order valence-electron chi connectivity index (χ2n) is 2.45. The Morgan fingerprint density at radius 3 is 2.67 bits per heavy atom. The van der Waals surface area contributed by atoms with Gasteiger partial charge < -0.3 is 4.74 Å². The summed E-state index contributed by atoms with van der Waals surface area (Å²) in [5.74, 6) is 0. The van der Waals surface area contributed by atoms with Crippen molar-refractivity contribution in [2.75, 3.05) is 0 Å². The van der Waals surface area contributed by atoms with Crippen LogP contribution in [0.3, 0.4) is 0 Å². The molecule has 12 heavy (non-hydrogen) atoms. The van der Waals surface area contributed by atoms with Crippen LogP contribution >= 0.6 is 23.6 Å². The topological polar surface area (TPSA) is 22.1 Å². The van der Waals surface area contributed by atoms with E-state index < -0.39 is 0 Å². The van der Waals surface area contributed by atoms with Gasteiger partial charge in [-0.3, -0.25) is 0 Å². The predicted octanol–water partition coefficient (Wildman–Crippen LogP) is 2.88. The fourth-order valence-corrected chi connectivity index (χ4v) is 1.57. The van der Waals surface area contributed by atoms with Crippen LogP contribution in [0, 0.1) is 13.8 Å². The average Bonchev–Trinajstić information content (AvgIpc) is 2.31. The van der Waals surface area contributed by atoms with E-state index in [4.69, 9.17) is 17.0 Å². The van der Waals surface area contributed by atoms with Crippen LogP contribution in [-0.2, 0) is 0 Å². The molecule has 2 nitrogen and oxygen atoms in total. The lowest BCUT2D eigenvalue weighted by molar-refractivity contribution is 0.545. The number of thiazole rings is 1. The number of ether oxygens (including phenoxy) is 1. The third kappa shape index (κ3) is 2.25. The third-order valence-corrected chi connectivity index (χ3v) is 2.82. The molecule has 1 heterocycles. The highest BCUT2D eigenvalue weighted by atomic mass is 32.1. The molecule has 0 aromatic carbocycles. The molecular formula is C8H11NOS2. The van der Waals surface area contributed by atoms with Crippen molar-refractivity contribution in [1.29, 1.82) is 0 Å². The van der Waals surface area contributed by atoms with Gasteiger partial charge in [-0.2, -0.15) is 0 Å². The summed E-state index contributed by atoms with van der Waals surface area (Å²) in [7, 11) is 0. The lowest BCUT2D eigenvalue weighted by Crippen LogP contribution is -2.02. The zero-order valence-electron chi connectivity index (χ0n) is 7.38. The van der Waals surface area contributed by atoms with Crippen LogP contribution in [0.2, 0.25) is 0 Å².